The highest BCUT2D eigenvalue weighted by Crippen LogP contribution is 2.34. The van der Waals surface area contributed by atoms with E-state index in [9.17, 15) is 13.2 Å². The fraction of sp³-hybridized carbons (Fsp3) is 0.250. The summed E-state index contributed by atoms with van der Waals surface area (Å²) in [7, 11) is 1.45. The third-order valence-corrected chi connectivity index (χ3v) is 2.54. The summed E-state index contributed by atoms with van der Waals surface area (Å²) in [5.74, 6) is 0.425. The number of nitrogen functional groups attached to an aromatic ring is 1. The van der Waals surface area contributed by atoms with Gasteiger partial charge in [-0.25, -0.2) is 0 Å². The van der Waals surface area contributed by atoms with Crippen LogP contribution in [-0.2, 0) is 6.54 Å². The van der Waals surface area contributed by atoms with Gasteiger partial charge in [-0.05, 0) is 6.07 Å². The molecule has 2 aromatic rings. The van der Waals surface area contributed by atoms with E-state index < -0.39 is 12.7 Å². The smallest absolute Gasteiger partial charge is 0.408 e. The van der Waals surface area contributed by atoms with E-state index in [1.165, 1.54) is 19.5 Å². The number of halogens is 3. The second-order valence-corrected chi connectivity index (χ2v) is 3.97. The van der Waals surface area contributed by atoms with E-state index in [4.69, 9.17) is 10.5 Å². The van der Waals surface area contributed by atoms with E-state index >= 15 is 0 Å². The Morgan fingerprint density at radius 3 is 2.74 bits per heavy atom. The standard InChI is InChI=1S/C12H12F3N3O/c1-19-11-9(3-2-4-10(11)16)8-5-17-18(6-8)7-12(13,14)15/h2-6H,7,16H2,1H3. The molecule has 102 valence electrons. The first-order valence-electron chi connectivity index (χ1n) is 5.43. The number of hydrogen-bond donors (Lipinski definition) is 1. The first-order valence-corrected chi connectivity index (χ1v) is 5.43. The summed E-state index contributed by atoms with van der Waals surface area (Å²) in [5, 5.41) is 3.68. The Hall–Kier alpha value is -2.18. The normalized spacial score (nSPS) is 11.6. The maximum absolute atomic E-state index is 12.3. The third-order valence-electron chi connectivity index (χ3n) is 2.54. The van der Waals surface area contributed by atoms with Crippen molar-refractivity contribution in [3.8, 4) is 16.9 Å². The van der Waals surface area contributed by atoms with Crippen molar-refractivity contribution in [1.29, 1.82) is 0 Å². The van der Waals surface area contributed by atoms with Gasteiger partial charge < -0.3 is 10.5 Å². The number of hydrogen-bond acceptors (Lipinski definition) is 3. The first-order chi connectivity index (χ1) is 8.90. The zero-order valence-electron chi connectivity index (χ0n) is 10.1. The molecule has 0 fully saturated rings. The number of alkyl halides is 3. The largest absolute Gasteiger partial charge is 0.494 e. The highest BCUT2D eigenvalue weighted by Gasteiger charge is 2.28. The molecule has 0 radical (unpaired) electrons. The Balaban J connectivity index is 2.36. The Labute approximate surface area is 107 Å². The molecule has 0 aliphatic heterocycles. The molecular weight excluding hydrogens is 259 g/mol. The van der Waals surface area contributed by atoms with Crippen LogP contribution in [0.1, 0.15) is 0 Å². The number of nitrogens with two attached hydrogens (primary N) is 1. The molecule has 1 aromatic heterocycles. The molecule has 0 aliphatic rings. The number of ether oxygens (including phenoxy) is 1. The highest BCUT2D eigenvalue weighted by atomic mass is 19.4. The van der Waals surface area contributed by atoms with E-state index in [1.54, 1.807) is 18.2 Å². The molecule has 0 saturated carbocycles. The predicted octanol–water partition coefficient (Wildman–Crippen LogP) is 2.70. The van der Waals surface area contributed by atoms with Crippen molar-refractivity contribution in [3.05, 3.63) is 30.6 Å². The average molecular weight is 271 g/mol. The summed E-state index contributed by atoms with van der Waals surface area (Å²) >= 11 is 0. The van der Waals surface area contributed by atoms with Gasteiger partial charge in [-0.2, -0.15) is 18.3 Å². The van der Waals surface area contributed by atoms with Gasteiger partial charge >= 0.3 is 6.18 Å². The summed E-state index contributed by atoms with van der Waals surface area (Å²) in [6, 6.07) is 5.07. The molecule has 0 saturated heterocycles. The molecule has 0 amide bonds. The number of methoxy groups -OCH3 is 1. The molecule has 2 N–H and O–H groups in total. The van der Waals surface area contributed by atoms with Crippen LogP contribution in [0.2, 0.25) is 0 Å². The van der Waals surface area contributed by atoms with Gasteiger partial charge in [-0.3, -0.25) is 4.68 Å². The van der Waals surface area contributed by atoms with E-state index in [1.807, 2.05) is 0 Å². The summed E-state index contributed by atoms with van der Waals surface area (Å²) < 4.78 is 42.8. The van der Waals surface area contributed by atoms with Crippen molar-refractivity contribution < 1.29 is 17.9 Å². The second kappa shape index (κ2) is 4.83. The molecule has 19 heavy (non-hydrogen) atoms. The van der Waals surface area contributed by atoms with Gasteiger partial charge in [-0.15, -0.1) is 0 Å². The van der Waals surface area contributed by atoms with Crippen molar-refractivity contribution in [2.24, 2.45) is 0 Å². The molecule has 0 bridgehead atoms. The van der Waals surface area contributed by atoms with Crippen molar-refractivity contribution in [2.45, 2.75) is 12.7 Å². The van der Waals surface area contributed by atoms with E-state index in [0.29, 0.717) is 22.6 Å². The van der Waals surface area contributed by atoms with Gasteiger partial charge in [0.1, 0.15) is 12.3 Å². The highest BCUT2D eigenvalue weighted by molar-refractivity contribution is 5.76. The fourth-order valence-corrected chi connectivity index (χ4v) is 1.78. The molecule has 0 unspecified atom stereocenters. The van der Waals surface area contributed by atoms with Gasteiger partial charge in [0.15, 0.2) is 0 Å². The Morgan fingerprint density at radius 1 is 1.37 bits per heavy atom. The van der Waals surface area contributed by atoms with Crippen LogP contribution >= 0.6 is 0 Å². The maximum atomic E-state index is 12.3. The third kappa shape index (κ3) is 2.98. The number of para-hydroxylation sites is 1. The Bertz CT molecular complexity index is 578. The number of benzene rings is 1. The molecule has 1 aromatic carbocycles. The van der Waals surface area contributed by atoms with Gasteiger partial charge in [0.05, 0.1) is 19.0 Å². The molecule has 0 atom stereocenters. The zero-order chi connectivity index (χ0) is 14.0. The van der Waals surface area contributed by atoms with Gasteiger partial charge in [0, 0.05) is 17.3 Å². The van der Waals surface area contributed by atoms with Gasteiger partial charge in [-0.1, -0.05) is 12.1 Å². The molecule has 0 spiro atoms. The van der Waals surface area contributed by atoms with Crippen LogP contribution in [0.3, 0.4) is 0 Å². The van der Waals surface area contributed by atoms with Crippen molar-refractivity contribution >= 4 is 5.69 Å². The van der Waals surface area contributed by atoms with Crippen LogP contribution in [0.15, 0.2) is 30.6 Å². The van der Waals surface area contributed by atoms with Crippen molar-refractivity contribution in [3.63, 3.8) is 0 Å². The molecular formula is C12H12F3N3O. The minimum Gasteiger partial charge on any atom is -0.494 e. The second-order valence-electron chi connectivity index (χ2n) is 3.97. The number of nitrogens with zero attached hydrogens (tertiary/aromatic N) is 2. The van der Waals surface area contributed by atoms with E-state index in [0.717, 1.165) is 4.68 Å². The fourth-order valence-electron chi connectivity index (χ4n) is 1.78. The lowest BCUT2D eigenvalue weighted by atomic mass is 10.1. The van der Waals surface area contributed by atoms with Crippen molar-refractivity contribution in [1.82, 2.24) is 9.78 Å². The maximum Gasteiger partial charge on any atom is 0.408 e. The van der Waals surface area contributed by atoms with E-state index in [-0.39, 0.29) is 0 Å². The summed E-state index contributed by atoms with van der Waals surface area (Å²) in [5.41, 5.74) is 7.29. The quantitative estimate of drug-likeness (QED) is 0.873. The molecule has 1 heterocycles. The number of aromatic nitrogens is 2. The van der Waals surface area contributed by atoms with Gasteiger partial charge in [0.25, 0.3) is 0 Å². The topological polar surface area (TPSA) is 53.1 Å². The van der Waals surface area contributed by atoms with Crippen molar-refractivity contribution in [2.75, 3.05) is 12.8 Å². The molecule has 4 nitrogen and oxygen atoms in total. The van der Waals surface area contributed by atoms with Crippen LogP contribution in [0.25, 0.3) is 11.1 Å². The Morgan fingerprint density at radius 2 is 2.11 bits per heavy atom. The molecule has 0 aliphatic carbocycles. The minimum absolute atomic E-state index is 0.420. The minimum atomic E-state index is -4.30. The number of anilines is 1. The summed E-state index contributed by atoms with van der Waals surface area (Å²) in [4.78, 5) is 0. The summed E-state index contributed by atoms with van der Waals surface area (Å²) in [6.45, 7) is -1.13. The van der Waals surface area contributed by atoms with Gasteiger partial charge in [0.2, 0.25) is 0 Å². The van der Waals surface area contributed by atoms with Crippen LogP contribution in [-0.4, -0.2) is 23.1 Å². The lowest BCUT2D eigenvalue weighted by Crippen LogP contribution is -2.17. The van der Waals surface area contributed by atoms with E-state index in [2.05, 4.69) is 5.10 Å². The van der Waals surface area contributed by atoms with Crippen LogP contribution in [0, 0.1) is 0 Å². The van der Waals surface area contributed by atoms with Crippen LogP contribution in [0.5, 0.6) is 5.75 Å². The summed E-state index contributed by atoms with van der Waals surface area (Å²) in [6.07, 6.45) is -1.64. The lowest BCUT2D eigenvalue weighted by molar-refractivity contribution is -0.142. The number of rotatable bonds is 3. The first kappa shape index (κ1) is 13.3. The SMILES string of the molecule is COc1c(N)cccc1-c1cnn(CC(F)(F)F)c1. The molecule has 2 rings (SSSR count). The lowest BCUT2D eigenvalue weighted by Gasteiger charge is -2.09. The monoisotopic (exact) mass is 271 g/mol. The van der Waals surface area contributed by atoms with Crippen LogP contribution in [0.4, 0.5) is 18.9 Å². The zero-order valence-corrected chi connectivity index (χ0v) is 10.1. The molecule has 7 heteroatoms. The van der Waals surface area contributed by atoms with Crippen LogP contribution < -0.4 is 10.5 Å². The average Bonchev–Trinajstić information content (AvgIpc) is 2.74. The predicted molar refractivity (Wildman–Crippen MR) is 64.7 cm³/mol. The Kier molecular flexibility index (Phi) is 3.37.